The van der Waals surface area contributed by atoms with Gasteiger partial charge in [0.15, 0.2) is 0 Å². The van der Waals surface area contributed by atoms with Gasteiger partial charge in [0, 0.05) is 17.9 Å². The highest BCUT2D eigenvalue weighted by Gasteiger charge is 2.26. The van der Waals surface area contributed by atoms with Gasteiger partial charge < -0.3 is 20.1 Å². The summed E-state index contributed by atoms with van der Waals surface area (Å²) in [5.41, 5.74) is 4.45. The molecule has 6 nitrogen and oxygen atoms in total. The van der Waals surface area contributed by atoms with Gasteiger partial charge in [0.1, 0.15) is 5.60 Å². The van der Waals surface area contributed by atoms with Gasteiger partial charge in [0.2, 0.25) is 0 Å². The molecule has 0 aromatic heterocycles. The Kier molecular flexibility index (Phi) is 6.63. The van der Waals surface area contributed by atoms with Gasteiger partial charge in [-0.2, -0.15) is 0 Å². The van der Waals surface area contributed by atoms with E-state index in [0.717, 1.165) is 36.3 Å². The average Bonchev–Trinajstić information content (AvgIpc) is 3.65. The molecule has 0 atom stereocenters. The minimum Gasteiger partial charge on any atom is -0.465 e. The Balaban J connectivity index is 1.58. The third-order valence-electron chi connectivity index (χ3n) is 5.91. The van der Waals surface area contributed by atoms with Gasteiger partial charge in [0.25, 0.3) is 0 Å². The summed E-state index contributed by atoms with van der Waals surface area (Å²) in [5, 5.41) is 6.85. The van der Waals surface area contributed by atoms with Crippen molar-refractivity contribution >= 4 is 29.0 Å². The molecule has 0 aliphatic heterocycles. The fraction of sp³-hybridized carbons (Fsp3) is 0.481. The first-order valence-corrected chi connectivity index (χ1v) is 11.8. The smallest absolute Gasteiger partial charge is 0.339 e. The van der Waals surface area contributed by atoms with E-state index < -0.39 is 5.60 Å². The minimum atomic E-state index is -0.534. The maximum Gasteiger partial charge on any atom is 0.339 e. The predicted molar refractivity (Wildman–Crippen MR) is 130 cm³/mol. The van der Waals surface area contributed by atoms with Crippen molar-refractivity contribution in [1.29, 1.82) is 0 Å². The van der Waals surface area contributed by atoms with Crippen molar-refractivity contribution in [2.24, 2.45) is 5.92 Å². The number of carbonyl (C=O) groups excluding carboxylic acids is 2. The number of carbonyl (C=O) groups is 2. The maximum absolute atomic E-state index is 12.6. The predicted octanol–water partition coefficient (Wildman–Crippen LogP) is 5.80. The zero-order valence-electron chi connectivity index (χ0n) is 20.0. The van der Waals surface area contributed by atoms with Crippen molar-refractivity contribution in [3.05, 3.63) is 53.1 Å². The Morgan fingerprint density at radius 3 is 2.36 bits per heavy atom. The zero-order valence-corrected chi connectivity index (χ0v) is 20.0. The van der Waals surface area contributed by atoms with Crippen molar-refractivity contribution in [3.63, 3.8) is 0 Å². The maximum atomic E-state index is 12.6. The number of hydrogen-bond acceptors (Lipinski definition) is 6. The fourth-order valence-corrected chi connectivity index (χ4v) is 3.88. The molecule has 2 aliphatic carbocycles. The lowest BCUT2D eigenvalue weighted by Gasteiger charge is -2.21. The van der Waals surface area contributed by atoms with E-state index in [1.54, 1.807) is 0 Å². The summed E-state index contributed by atoms with van der Waals surface area (Å²) in [4.78, 5) is 25.0. The lowest BCUT2D eigenvalue weighted by atomic mass is 10.0. The van der Waals surface area contributed by atoms with Crippen LogP contribution in [-0.2, 0) is 20.7 Å². The largest absolute Gasteiger partial charge is 0.465 e. The molecule has 6 heteroatoms. The molecule has 4 rings (SSSR count). The van der Waals surface area contributed by atoms with Crippen LogP contribution in [0.3, 0.4) is 0 Å². The van der Waals surface area contributed by atoms with E-state index in [2.05, 4.69) is 16.7 Å². The molecule has 2 saturated carbocycles. The van der Waals surface area contributed by atoms with Crippen LogP contribution in [0.15, 0.2) is 36.4 Å². The average molecular weight is 451 g/mol. The topological polar surface area (TPSA) is 76.7 Å². The van der Waals surface area contributed by atoms with Gasteiger partial charge in [0.05, 0.1) is 24.8 Å². The van der Waals surface area contributed by atoms with Crippen molar-refractivity contribution in [3.8, 4) is 0 Å². The second-order valence-corrected chi connectivity index (χ2v) is 10.2. The van der Waals surface area contributed by atoms with E-state index in [1.165, 1.54) is 25.5 Å². The van der Waals surface area contributed by atoms with Gasteiger partial charge in [-0.15, -0.1) is 0 Å². The summed E-state index contributed by atoms with van der Waals surface area (Å²) < 4.78 is 10.6. The molecule has 33 heavy (non-hydrogen) atoms. The van der Waals surface area contributed by atoms with Gasteiger partial charge in [-0.25, -0.2) is 4.79 Å². The normalized spacial score (nSPS) is 15.6. The first-order chi connectivity index (χ1) is 15.7. The van der Waals surface area contributed by atoms with Crippen LogP contribution in [0.4, 0.5) is 17.1 Å². The number of ether oxygens (including phenoxy) is 2. The Morgan fingerprint density at radius 1 is 1.00 bits per heavy atom. The van der Waals surface area contributed by atoms with Crippen LogP contribution >= 0.6 is 0 Å². The number of benzene rings is 2. The van der Waals surface area contributed by atoms with Gasteiger partial charge in [-0.05, 0) is 99.7 Å². The molecule has 0 bridgehead atoms. The van der Waals surface area contributed by atoms with Crippen molar-refractivity contribution in [2.75, 3.05) is 24.3 Å². The van der Waals surface area contributed by atoms with Crippen LogP contribution in [0.2, 0.25) is 0 Å². The molecule has 0 saturated heterocycles. The van der Waals surface area contributed by atoms with E-state index in [9.17, 15) is 9.59 Å². The standard InChI is InChI=1S/C27H34N2O4/c1-27(2,3)33-25(30)15-20-13-21(10-12-23(20)28-16-17-5-6-17)29-24-11-9-19(18-7-8-18)14-22(24)26(31)32-4/h9-14,17-18,28-29H,5-8,15-16H2,1-4H3. The Bertz CT molecular complexity index is 1030. The molecule has 2 aromatic carbocycles. The highest BCUT2D eigenvalue weighted by Crippen LogP contribution is 2.41. The van der Waals surface area contributed by atoms with E-state index in [4.69, 9.17) is 9.47 Å². The Labute approximate surface area is 196 Å². The lowest BCUT2D eigenvalue weighted by Crippen LogP contribution is -2.25. The second-order valence-electron chi connectivity index (χ2n) is 10.2. The highest BCUT2D eigenvalue weighted by atomic mass is 16.6. The molecular weight excluding hydrogens is 416 g/mol. The zero-order chi connectivity index (χ0) is 23.6. The molecule has 0 heterocycles. The van der Waals surface area contributed by atoms with Crippen LogP contribution in [0, 0.1) is 5.92 Å². The molecule has 0 unspecified atom stereocenters. The van der Waals surface area contributed by atoms with E-state index in [0.29, 0.717) is 23.1 Å². The Hall–Kier alpha value is -3.02. The van der Waals surface area contributed by atoms with Crippen LogP contribution in [0.1, 0.15) is 73.9 Å². The van der Waals surface area contributed by atoms with E-state index in [1.807, 2.05) is 51.1 Å². The lowest BCUT2D eigenvalue weighted by molar-refractivity contribution is -0.153. The fourth-order valence-electron chi connectivity index (χ4n) is 3.88. The summed E-state index contributed by atoms with van der Waals surface area (Å²) in [6, 6.07) is 11.8. The summed E-state index contributed by atoms with van der Waals surface area (Å²) in [5.74, 6) is 0.624. The first-order valence-electron chi connectivity index (χ1n) is 11.8. The summed E-state index contributed by atoms with van der Waals surface area (Å²) in [6.45, 7) is 6.52. The molecule has 2 aromatic rings. The third-order valence-corrected chi connectivity index (χ3v) is 5.91. The van der Waals surface area contributed by atoms with E-state index >= 15 is 0 Å². The molecule has 2 aliphatic rings. The molecule has 0 amide bonds. The van der Waals surface area contributed by atoms with Crippen molar-refractivity contribution in [1.82, 2.24) is 0 Å². The number of anilines is 3. The van der Waals surface area contributed by atoms with Crippen LogP contribution in [0.25, 0.3) is 0 Å². The number of nitrogens with one attached hydrogen (secondary N) is 2. The quantitative estimate of drug-likeness (QED) is 0.470. The summed E-state index contributed by atoms with van der Waals surface area (Å²) >= 11 is 0. The van der Waals surface area contributed by atoms with Crippen LogP contribution < -0.4 is 10.6 Å². The Morgan fingerprint density at radius 2 is 1.73 bits per heavy atom. The van der Waals surface area contributed by atoms with Crippen LogP contribution in [-0.4, -0.2) is 31.2 Å². The van der Waals surface area contributed by atoms with Crippen LogP contribution in [0.5, 0.6) is 0 Å². The third kappa shape index (κ3) is 6.50. The minimum absolute atomic E-state index is 0.171. The molecule has 2 N–H and O–H groups in total. The monoisotopic (exact) mass is 450 g/mol. The molecular formula is C27H34N2O4. The molecule has 0 spiro atoms. The summed E-state index contributed by atoms with van der Waals surface area (Å²) in [6.07, 6.45) is 5.00. The first kappa shape index (κ1) is 23.1. The SMILES string of the molecule is COC(=O)c1cc(C2CC2)ccc1Nc1ccc(NCC2CC2)c(CC(=O)OC(C)(C)C)c1. The number of methoxy groups -OCH3 is 1. The summed E-state index contributed by atoms with van der Waals surface area (Å²) in [7, 11) is 1.40. The molecule has 2 fully saturated rings. The van der Waals surface area contributed by atoms with E-state index in [-0.39, 0.29) is 18.4 Å². The van der Waals surface area contributed by atoms with Crippen molar-refractivity contribution < 1.29 is 19.1 Å². The van der Waals surface area contributed by atoms with Crippen molar-refractivity contribution in [2.45, 2.75) is 64.4 Å². The molecule has 0 radical (unpaired) electrons. The number of rotatable bonds is 9. The second kappa shape index (κ2) is 9.46. The molecule has 176 valence electrons. The number of hydrogen-bond donors (Lipinski definition) is 2. The highest BCUT2D eigenvalue weighted by molar-refractivity contribution is 5.97. The van der Waals surface area contributed by atoms with Gasteiger partial charge in [-0.3, -0.25) is 4.79 Å². The number of esters is 2. The van der Waals surface area contributed by atoms with Gasteiger partial charge >= 0.3 is 11.9 Å². The van der Waals surface area contributed by atoms with Gasteiger partial charge in [-0.1, -0.05) is 6.07 Å².